The molecule has 0 aromatic carbocycles. The van der Waals surface area contributed by atoms with E-state index in [2.05, 4.69) is 34.3 Å². The van der Waals surface area contributed by atoms with Gasteiger partial charge < -0.3 is 5.11 Å². The van der Waals surface area contributed by atoms with Gasteiger partial charge in [-0.3, -0.25) is 0 Å². The van der Waals surface area contributed by atoms with Gasteiger partial charge in [0.05, 0.1) is 5.60 Å². The zero-order chi connectivity index (χ0) is 18.5. The first kappa shape index (κ1) is 17.8. The van der Waals surface area contributed by atoms with E-state index in [1.54, 1.807) is 0 Å². The van der Waals surface area contributed by atoms with E-state index in [0.717, 1.165) is 36.0 Å². The summed E-state index contributed by atoms with van der Waals surface area (Å²) in [6, 6.07) is 0. The van der Waals surface area contributed by atoms with E-state index in [-0.39, 0.29) is 5.60 Å². The van der Waals surface area contributed by atoms with E-state index in [9.17, 15) is 5.11 Å². The average Bonchev–Trinajstić information content (AvgIpc) is 3.03. The number of aliphatic hydroxyl groups is 1. The summed E-state index contributed by atoms with van der Waals surface area (Å²) in [4.78, 5) is 0. The van der Waals surface area contributed by atoms with Crippen molar-refractivity contribution < 1.29 is 5.11 Å². The molecule has 5 aliphatic carbocycles. The lowest BCUT2D eigenvalue weighted by molar-refractivity contribution is -0.127. The first-order valence-corrected chi connectivity index (χ1v) is 11.6. The third kappa shape index (κ3) is 1.97. The number of allylic oxidation sites excluding steroid dienone is 1. The standard InChI is InChI=1S/C25H40O/c1-6-17-22-21-8-7-16-19-10-9-18(15(2)3)23(19,4)12-11-20(16)24(21,5)13-14-25(17,22)26/h16-22,26H,2,6-14H2,1,3-5H3/t16-,17?,18+,19-,20-,21+,22?,23+,24+,25-/m0/s1. The minimum absolute atomic E-state index is 0.270. The Labute approximate surface area is 161 Å². The lowest BCUT2D eigenvalue weighted by atomic mass is 9.44. The SMILES string of the molecule is C=C(C)[C@H]1CC[C@H]2[C@@H]3CC[C@@H]4C5C(CC)[C@@]5(O)CC[C@]4(C)[C@H]3CC[C@]12C. The largest absolute Gasteiger partial charge is 0.389 e. The van der Waals surface area contributed by atoms with Gasteiger partial charge in [-0.15, -0.1) is 0 Å². The second kappa shape index (κ2) is 5.40. The predicted octanol–water partition coefficient (Wildman–Crippen LogP) is 6.22. The van der Waals surface area contributed by atoms with Crippen LogP contribution in [-0.2, 0) is 0 Å². The molecule has 0 amide bonds. The molecule has 1 heteroatoms. The summed E-state index contributed by atoms with van der Waals surface area (Å²) in [5.41, 5.74) is 2.21. The van der Waals surface area contributed by atoms with Gasteiger partial charge in [-0.05, 0) is 111 Å². The summed E-state index contributed by atoms with van der Waals surface area (Å²) in [6.07, 6.45) is 12.1. The summed E-state index contributed by atoms with van der Waals surface area (Å²) < 4.78 is 0. The van der Waals surface area contributed by atoms with Crippen LogP contribution in [0.25, 0.3) is 0 Å². The average molecular weight is 357 g/mol. The molecule has 146 valence electrons. The lowest BCUT2D eigenvalue weighted by Crippen LogP contribution is -2.54. The second-order valence-electron chi connectivity index (χ2n) is 11.6. The Morgan fingerprint density at radius 1 is 0.923 bits per heavy atom. The smallest absolute Gasteiger partial charge is 0.0714 e. The molecule has 0 aromatic heterocycles. The fraction of sp³-hybridized carbons (Fsp3) is 0.920. The van der Waals surface area contributed by atoms with Crippen LogP contribution >= 0.6 is 0 Å². The molecule has 0 bridgehead atoms. The van der Waals surface area contributed by atoms with E-state index in [1.807, 2.05) is 0 Å². The summed E-state index contributed by atoms with van der Waals surface area (Å²) >= 11 is 0. The van der Waals surface area contributed by atoms with Crippen molar-refractivity contribution in [2.75, 3.05) is 0 Å². The molecule has 1 N–H and O–H groups in total. The van der Waals surface area contributed by atoms with Crippen molar-refractivity contribution in [2.24, 2.45) is 52.3 Å². The van der Waals surface area contributed by atoms with E-state index in [1.165, 1.54) is 56.9 Å². The van der Waals surface area contributed by atoms with E-state index >= 15 is 0 Å². The van der Waals surface area contributed by atoms with Crippen LogP contribution in [0.3, 0.4) is 0 Å². The number of hydrogen-bond donors (Lipinski definition) is 1. The summed E-state index contributed by atoms with van der Waals surface area (Å²) in [7, 11) is 0. The Kier molecular flexibility index (Phi) is 3.69. The van der Waals surface area contributed by atoms with Crippen LogP contribution in [0.1, 0.15) is 85.5 Å². The molecule has 0 aromatic rings. The monoisotopic (exact) mass is 356 g/mol. The van der Waals surface area contributed by atoms with Crippen molar-refractivity contribution in [3.8, 4) is 0 Å². The molecule has 0 saturated heterocycles. The van der Waals surface area contributed by atoms with Gasteiger partial charge in [-0.1, -0.05) is 39.3 Å². The van der Waals surface area contributed by atoms with Crippen molar-refractivity contribution in [1.82, 2.24) is 0 Å². The Bertz CT molecular complexity index is 624. The molecule has 26 heavy (non-hydrogen) atoms. The molecule has 1 nitrogen and oxygen atoms in total. The molecule has 0 radical (unpaired) electrons. The molecule has 2 unspecified atom stereocenters. The first-order valence-electron chi connectivity index (χ1n) is 11.6. The van der Waals surface area contributed by atoms with E-state index in [0.29, 0.717) is 22.7 Å². The van der Waals surface area contributed by atoms with E-state index in [4.69, 9.17) is 0 Å². The maximum atomic E-state index is 11.1. The molecule has 5 fully saturated rings. The molecular formula is C25H40O. The molecule has 5 rings (SSSR count). The molecular weight excluding hydrogens is 316 g/mol. The second-order valence-corrected chi connectivity index (χ2v) is 11.6. The highest BCUT2D eigenvalue weighted by Crippen LogP contribution is 2.75. The number of rotatable bonds is 2. The topological polar surface area (TPSA) is 20.2 Å². The van der Waals surface area contributed by atoms with Gasteiger partial charge in [0.25, 0.3) is 0 Å². The minimum atomic E-state index is -0.270. The minimum Gasteiger partial charge on any atom is -0.389 e. The molecule has 0 heterocycles. The summed E-state index contributed by atoms with van der Waals surface area (Å²) in [6.45, 7) is 14.2. The molecule has 5 saturated carbocycles. The van der Waals surface area contributed by atoms with Crippen molar-refractivity contribution in [3.05, 3.63) is 12.2 Å². The highest BCUT2D eigenvalue weighted by Gasteiger charge is 2.73. The fourth-order valence-electron chi connectivity index (χ4n) is 9.85. The normalized spacial score (nSPS) is 60.4. The molecule has 10 atom stereocenters. The Morgan fingerprint density at radius 2 is 1.62 bits per heavy atom. The summed E-state index contributed by atoms with van der Waals surface area (Å²) in [5, 5.41) is 11.1. The summed E-state index contributed by atoms with van der Waals surface area (Å²) in [5.74, 6) is 5.61. The van der Waals surface area contributed by atoms with Gasteiger partial charge in [0.15, 0.2) is 0 Å². The Hall–Kier alpha value is -0.300. The van der Waals surface area contributed by atoms with Crippen molar-refractivity contribution in [2.45, 2.75) is 91.1 Å². The van der Waals surface area contributed by atoms with Gasteiger partial charge in [-0.2, -0.15) is 0 Å². The zero-order valence-electron chi connectivity index (χ0n) is 17.6. The van der Waals surface area contributed by atoms with Crippen LogP contribution in [0.15, 0.2) is 12.2 Å². The van der Waals surface area contributed by atoms with Gasteiger partial charge in [0, 0.05) is 0 Å². The molecule has 0 aliphatic heterocycles. The number of hydrogen-bond acceptors (Lipinski definition) is 1. The predicted molar refractivity (Wildman–Crippen MR) is 108 cm³/mol. The Balaban J connectivity index is 1.44. The lowest BCUT2D eigenvalue weighted by Gasteiger charge is -2.61. The maximum Gasteiger partial charge on any atom is 0.0714 e. The third-order valence-corrected chi connectivity index (χ3v) is 11.0. The van der Waals surface area contributed by atoms with Crippen molar-refractivity contribution >= 4 is 0 Å². The quantitative estimate of drug-likeness (QED) is 0.582. The zero-order valence-corrected chi connectivity index (χ0v) is 17.6. The van der Waals surface area contributed by atoms with Crippen LogP contribution in [0, 0.1) is 52.3 Å². The van der Waals surface area contributed by atoms with Crippen LogP contribution in [-0.4, -0.2) is 10.7 Å². The number of fused-ring (bicyclic) bond motifs is 7. The first-order chi connectivity index (χ1) is 12.3. The third-order valence-electron chi connectivity index (χ3n) is 11.0. The van der Waals surface area contributed by atoms with Gasteiger partial charge in [0.1, 0.15) is 0 Å². The van der Waals surface area contributed by atoms with Crippen LogP contribution in [0.5, 0.6) is 0 Å². The fourth-order valence-corrected chi connectivity index (χ4v) is 9.85. The van der Waals surface area contributed by atoms with Crippen LogP contribution in [0.4, 0.5) is 0 Å². The molecule has 0 spiro atoms. The van der Waals surface area contributed by atoms with Crippen molar-refractivity contribution in [1.29, 1.82) is 0 Å². The highest BCUT2D eigenvalue weighted by atomic mass is 16.3. The van der Waals surface area contributed by atoms with Crippen LogP contribution < -0.4 is 0 Å². The van der Waals surface area contributed by atoms with Gasteiger partial charge in [-0.25, -0.2) is 0 Å². The Morgan fingerprint density at radius 3 is 2.31 bits per heavy atom. The molecule has 5 aliphatic rings. The van der Waals surface area contributed by atoms with Gasteiger partial charge >= 0.3 is 0 Å². The van der Waals surface area contributed by atoms with Gasteiger partial charge in [0.2, 0.25) is 0 Å². The van der Waals surface area contributed by atoms with Crippen molar-refractivity contribution in [3.63, 3.8) is 0 Å². The van der Waals surface area contributed by atoms with E-state index < -0.39 is 0 Å². The maximum absolute atomic E-state index is 11.1. The van der Waals surface area contributed by atoms with Crippen LogP contribution in [0.2, 0.25) is 0 Å². The highest BCUT2D eigenvalue weighted by molar-refractivity contribution is 5.23.